The molecule has 0 fully saturated rings. The Morgan fingerprint density at radius 2 is 2.12 bits per heavy atom. The van der Waals surface area contributed by atoms with E-state index in [0.717, 1.165) is 30.2 Å². The maximum absolute atomic E-state index is 13.3. The minimum Gasteiger partial charge on any atom is -0.493 e. The molecule has 0 unspecified atom stereocenters. The predicted molar refractivity (Wildman–Crippen MR) is 88.8 cm³/mol. The first kappa shape index (κ1) is 19.0. The fourth-order valence-electron chi connectivity index (χ4n) is 2.04. The molecule has 25 heavy (non-hydrogen) atoms. The summed E-state index contributed by atoms with van der Waals surface area (Å²) in [5.74, 6) is -1.42. The molecule has 2 N–H and O–H groups in total. The van der Waals surface area contributed by atoms with Crippen LogP contribution in [0.2, 0.25) is 0 Å². The van der Waals surface area contributed by atoms with Gasteiger partial charge in [0.15, 0.2) is 10.8 Å². The van der Waals surface area contributed by atoms with Gasteiger partial charge in [0.25, 0.3) is 0 Å². The van der Waals surface area contributed by atoms with Crippen LogP contribution in [0, 0.1) is 0 Å². The molecule has 0 saturated heterocycles. The minimum absolute atomic E-state index is 0.152. The van der Waals surface area contributed by atoms with Crippen molar-refractivity contribution in [1.29, 1.82) is 0 Å². The normalized spacial score (nSPS) is 11.4. The van der Waals surface area contributed by atoms with E-state index in [1.54, 1.807) is 0 Å². The number of alkyl halides is 3. The Hall–Kier alpha value is -2.29. The lowest BCUT2D eigenvalue weighted by Crippen LogP contribution is -2.10. The topological polar surface area (TPSA) is 71.5 Å². The number of aromatic carboxylic acids is 1. The quantitative estimate of drug-likeness (QED) is 0.624. The molecule has 2 aromatic rings. The highest BCUT2D eigenvalue weighted by Crippen LogP contribution is 2.38. The summed E-state index contributed by atoms with van der Waals surface area (Å²) in [5.41, 5.74) is -0.900. The number of benzene rings is 1. The third kappa shape index (κ3) is 5.35. The van der Waals surface area contributed by atoms with Gasteiger partial charge < -0.3 is 15.2 Å². The minimum atomic E-state index is -4.56. The van der Waals surface area contributed by atoms with Gasteiger partial charge in [0.05, 0.1) is 12.2 Å². The van der Waals surface area contributed by atoms with Gasteiger partial charge >= 0.3 is 12.1 Å². The van der Waals surface area contributed by atoms with Crippen LogP contribution in [0.4, 0.5) is 24.0 Å². The zero-order valence-corrected chi connectivity index (χ0v) is 14.2. The van der Waals surface area contributed by atoms with Crippen molar-refractivity contribution in [3.8, 4) is 5.75 Å². The molecule has 1 aromatic heterocycles. The van der Waals surface area contributed by atoms with Gasteiger partial charge in [-0.15, -0.1) is 11.3 Å². The number of carbonyl (C=O) groups is 1. The molecule has 0 spiro atoms. The second kappa shape index (κ2) is 8.19. The highest BCUT2D eigenvalue weighted by atomic mass is 32.1. The molecule has 0 aliphatic heterocycles. The molecule has 136 valence electrons. The third-order valence-electron chi connectivity index (χ3n) is 3.26. The number of aromatic nitrogens is 1. The third-order valence-corrected chi connectivity index (χ3v) is 4.02. The number of thiazole rings is 1. The first-order valence-electron chi connectivity index (χ1n) is 7.61. The van der Waals surface area contributed by atoms with Crippen LogP contribution in [-0.4, -0.2) is 22.7 Å². The van der Waals surface area contributed by atoms with Gasteiger partial charge in [-0.05, 0) is 24.6 Å². The highest BCUT2D eigenvalue weighted by Gasteiger charge is 2.34. The first-order valence-corrected chi connectivity index (χ1v) is 8.49. The number of nitrogens with zero attached hydrogens (tertiary/aromatic N) is 1. The highest BCUT2D eigenvalue weighted by molar-refractivity contribution is 7.14. The molecule has 0 aliphatic carbocycles. The molecule has 0 radical (unpaired) electrons. The lowest BCUT2D eigenvalue weighted by Gasteiger charge is -2.15. The fourth-order valence-corrected chi connectivity index (χ4v) is 2.75. The van der Waals surface area contributed by atoms with Crippen LogP contribution >= 0.6 is 11.3 Å². The summed E-state index contributed by atoms with van der Waals surface area (Å²) < 4.78 is 45.0. The van der Waals surface area contributed by atoms with Crippen LogP contribution in [0.5, 0.6) is 5.75 Å². The van der Waals surface area contributed by atoms with Gasteiger partial charge in [0.2, 0.25) is 0 Å². The van der Waals surface area contributed by atoms with Crippen LogP contribution in [0.1, 0.15) is 42.2 Å². The Morgan fingerprint density at radius 1 is 1.36 bits per heavy atom. The fraction of sp³-hybridized carbons (Fsp3) is 0.375. The Labute approximate surface area is 146 Å². The second-order valence-electron chi connectivity index (χ2n) is 5.23. The number of ether oxygens (including phenoxy) is 1. The van der Waals surface area contributed by atoms with Gasteiger partial charge in [-0.2, -0.15) is 13.2 Å². The van der Waals surface area contributed by atoms with Gasteiger partial charge in [-0.25, -0.2) is 9.78 Å². The number of hydrogen-bond acceptors (Lipinski definition) is 5. The van der Waals surface area contributed by atoms with Crippen LogP contribution in [-0.2, 0) is 6.18 Å². The van der Waals surface area contributed by atoms with E-state index < -0.39 is 17.7 Å². The van der Waals surface area contributed by atoms with Crippen LogP contribution in [0.3, 0.4) is 0 Å². The Morgan fingerprint density at radius 3 is 2.72 bits per heavy atom. The standard InChI is InChI=1S/C16H17F3N2O3S/c1-2-3-4-7-24-13-6-5-10(8-11(13)16(17,18)19)20-15-21-12(9-25-15)14(22)23/h5-6,8-9H,2-4,7H2,1H3,(H,20,21)(H,22,23). The number of carboxylic acids is 1. The number of carboxylic acid groups (broad SMARTS) is 1. The molecule has 1 aromatic carbocycles. The smallest absolute Gasteiger partial charge is 0.420 e. The summed E-state index contributed by atoms with van der Waals surface area (Å²) in [6.45, 7) is 2.22. The molecule has 2 rings (SSSR count). The molecule has 9 heteroatoms. The van der Waals surface area contributed by atoms with E-state index in [-0.39, 0.29) is 28.9 Å². The van der Waals surface area contributed by atoms with Gasteiger partial charge in [0.1, 0.15) is 5.75 Å². The molecular weight excluding hydrogens is 357 g/mol. The molecule has 0 saturated carbocycles. The van der Waals surface area contributed by atoms with Crippen molar-refractivity contribution in [3.63, 3.8) is 0 Å². The van der Waals surface area contributed by atoms with Crippen molar-refractivity contribution < 1.29 is 27.8 Å². The van der Waals surface area contributed by atoms with Gasteiger partial charge in [-0.1, -0.05) is 19.8 Å². The molecule has 0 aliphatic rings. The van der Waals surface area contributed by atoms with E-state index in [4.69, 9.17) is 9.84 Å². The SMILES string of the molecule is CCCCCOc1ccc(Nc2nc(C(=O)O)cs2)cc1C(F)(F)F. The number of rotatable bonds is 8. The lowest BCUT2D eigenvalue weighted by molar-refractivity contribution is -0.138. The number of hydrogen-bond donors (Lipinski definition) is 2. The average molecular weight is 374 g/mol. The van der Waals surface area contributed by atoms with E-state index >= 15 is 0 Å². The summed E-state index contributed by atoms with van der Waals surface area (Å²) in [6.07, 6.45) is -2.04. The summed E-state index contributed by atoms with van der Waals surface area (Å²) in [7, 11) is 0. The maximum Gasteiger partial charge on any atom is 0.420 e. The van der Waals surface area contributed by atoms with Crippen molar-refractivity contribution in [2.45, 2.75) is 32.4 Å². The maximum atomic E-state index is 13.3. The zero-order chi connectivity index (χ0) is 18.4. The molecule has 1 heterocycles. The van der Waals surface area contributed by atoms with E-state index in [1.807, 2.05) is 6.92 Å². The van der Waals surface area contributed by atoms with Crippen molar-refractivity contribution >= 4 is 28.1 Å². The van der Waals surface area contributed by atoms with Gasteiger partial charge in [0, 0.05) is 11.1 Å². The van der Waals surface area contributed by atoms with Gasteiger partial charge in [-0.3, -0.25) is 0 Å². The molecule has 0 atom stereocenters. The van der Waals surface area contributed by atoms with E-state index in [0.29, 0.717) is 6.42 Å². The predicted octanol–water partition coefficient (Wildman–Crippen LogP) is 5.17. The largest absolute Gasteiger partial charge is 0.493 e. The summed E-state index contributed by atoms with van der Waals surface area (Å²) >= 11 is 0.994. The molecule has 5 nitrogen and oxygen atoms in total. The average Bonchev–Trinajstić information content (AvgIpc) is 3.00. The van der Waals surface area contributed by atoms with E-state index in [9.17, 15) is 18.0 Å². The summed E-state index contributed by atoms with van der Waals surface area (Å²) in [6, 6.07) is 3.62. The number of nitrogens with one attached hydrogen (secondary N) is 1. The zero-order valence-electron chi connectivity index (χ0n) is 13.4. The van der Waals surface area contributed by atoms with Crippen molar-refractivity contribution in [1.82, 2.24) is 4.98 Å². The summed E-state index contributed by atoms with van der Waals surface area (Å²) in [5, 5.41) is 13.0. The first-order chi connectivity index (χ1) is 11.8. The van der Waals surface area contributed by atoms with E-state index in [2.05, 4.69) is 10.3 Å². The Kier molecular flexibility index (Phi) is 6.24. The summed E-state index contributed by atoms with van der Waals surface area (Å²) in [4.78, 5) is 14.6. The number of halogens is 3. The van der Waals surface area contributed by atoms with Crippen LogP contribution in [0.15, 0.2) is 23.6 Å². The van der Waals surface area contributed by atoms with Crippen molar-refractivity contribution in [3.05, 3.63) is 34.8 Å². The molecule has 0 bridgehead atoms. The number of anilines is 2. The second-order valence-corrected chi connectivity index (χ2v) is 6.09. The van der Waals surface area contributed by atoms with Crippen molar-refractivity contribution in [2.75, 3.05) is 11.9 Å². The molecular formula is C16H17F3N2O3S. The Balaban J connectivity index is 2.18. The molecule has 0 amide bonds. The van der Waals surface area contributed by atoms with Crippen LogP contribution < -0.4 is 10.1 Å². The van der Waals surface area contributed by atoms with Crippen molar-refractivity contribution in [2.24, 2.45) is 0 Å². The monoisotopic (exact) mass is 374 g/mol. The lowest BCUT2D eigenvalue weighted by atomic mass is 10.1. The van der Waals surface area contributed by atoms with E-state index in [1.165, 1.54) is 17.5 Å². The number of unbranched alkanes of at least 4 members (excludes halogenated alkanes) is 2. The van der Waals surface area contributed by atoms with Crippen LogP contribution in [0.25, 0.3) is 0 Å². The Bertz CT molecular complexity index is 732.